The summed E-state index contributed by atoms with van der Waals surface area (Å²) >= 11 is 1.62. The fourth-order valence-electron chi connectivity index (χ4n) is 5.84. The Morgan fingerprint density at radius 2 is 2.00 bits per heavy atom. The predicted octanol–water partition coefficient (Wildman–Crippen LogP) is 3.49. The molecule has 1 saturated carbocycles. The Hall–Kier alpha value is -1.30. The Morgan fingerprint density at radius 1 is 1.28 bits per heavy atom. The zero-order chi connectivity index (χ0) is 20.7. The molecule has 1 aromatic carbocycles. The molecule has 0 bridgehead atoms. The van der Waals surface area contributed by atoms with E-state index >= 15 is 0 Å². The summed E-state index contributed by atoms with van der Waals surface area (Å²) in [6.07, 6.45) is 2.57. The third-order valence-corrected chi connectivity index (χ3v) is 8.47. The second-order valence-corrected chi connectivity index (χ2v) is 10.5. The first-order chi connectivity index (χ1) is 13.9. The summed E-state index contributed by atoms with van der Waals surface area (Å²) < 4.78 is 0. The van der Waals surface area contributed by atoms with Gasteiger partial charge in [0.2, 0.25) is 5.91 Å². The van der Waals surface area contributed by atoms with Crippen LogP contribution in [-0.2, 0) is 4.79 Å². The Labute approximate surface area is 178 Å². The van der Waals surface area contributed by atoms with Crippen LogP contribution in [0.2, 0.25) is 0 Å². The molecule has 29 heavy (non-hydrogen) atoms. The van der Waals surface area contributed by atoms with Crippen LogP contribution in [-0.4, -0.2) is 42.0 Å². The molecule has 158 valence electrons. The molecule has 5 heteroatoms. The van der Waals surface area contributed by atoms with Crippen LogP contribution in [0.1, 0.15) is 50.2 Å². The minimum absolute atomic E-state index is 0.0449. The lowest BCUT2D eigenvalue weighted by Gasteiger charge is -2.51. The lowest BCUT2D eigenvalue weighted by molar-refractivity contribution is -0.128. The molecule has 1 aliphatic carbocycles. The van der Waals surface area contributed by atoms with E-state index < -0.39 is 0 Å². The Morgan fingerprint density at radius 3 is 2.66 bits per heavy atom. The van der Waals surface area contributed by atoms with Crippen molar-refractivity contribution in [3.05, 3.63) is 46.9 Å². The maximum Gasteiger partial charge on any atom is 0.234 e. The maximum absolute atomic E-state index is 12.6. The largest absolute Gasteiger partial charge is 0.392 e. The van der Waals surface area contributed by atoms with Gasteiger partial charge in [0.05, 0.1) is 11.4 Å². The van der Waals surface area contributed by atoms with E-state index in [2.05, 4.69) is 67.2 Å². The molecular weight excluding hydrogens is 380 g/mol. The lowest BCUT2D eigenvalue weighted by atomic mass is 9.60. The molecule has 4 rings (SSSR count). The van der Waals surface area contributed by atoms with Crippen molar-refractivity contribution in [2.45, 2.75) is 56.4 Å². The molecule has 1 saturated heterocycles. The number of rotatable bonds is 5. The molecule has 1 amide bonds. The second-order valence-electron chi connectivity index (χ2n) is 9.46. The summed E-state index contributed by atoms with van der Waals surface area (Å²) in [6, 6.07) is 9.06. The van der Waals surface area contributed by atoms with Crippen molar-refractivity contribution in [2.75, 3.05) is 13.6 Å². The molecule has 0 radical (unpaired) electrons. The van der Waals surface area contributed by atoms with Gasteiger partial charge in [0.1, 0.15) is 0 Å². The van der Waals surface area contributed by atoms with E-state index in [1.54, 1.807) is 11.8 Å². The summed E-state index contributed by atoms with van der Waals surface area (Å²) in [6.45, 7) is 7.66. The number of carbonyl (C=O) groups excluding carboxylic acids is 1. The van der Waals surface area contributed by atoms with Crippen LogP contribution in [0.4, 0.5) is 0 Å². The van der Waals surface area contributed by atoms with Crippen molar-refractivity contribution < 1.29 is 9.90 Å². The number of likely N-dealkylation sites (N-methyl/N-ethyl adjacent to an activating group) is 1. The number of benzene rings is 1. The van der Waals surface area contributed by atoms with E-state index in [1.165, 1.54) is 11.1 Å². The van der Waals surface area contributed by atoms with Gasteiger partial charge in [-0.25, -0.2) is 0 Å². The zero-order valence-electron chi connectivity index (χ0n) is 17.8. The normalized spacial score (nSPS) is 37.2. The monoisotopic (exact) mass is 414 g/mol. The van der Waals surface area contributed by atoms with E-state index in [4.69, 9.17) is 0 Å². The van der Waals surface area contributed by atoms with E-state index in [0.717, 1.165) is 13.0 Å². The van der Waals surface area contributed by atoms with Gasteiger partial charge in [-0.05, 0) is 53.7 Å². The zero-order valence-corrected chi connectivity index (χ0v) is 18.7. The van der Waals surface area contributed by atoms with Crippen LogP contribution in [0.5, 0.6) is 0 Å². The van der Waals surface area contributed by atoms with Crippen molar-refractivity contribution in [1.82, 2.24) is 10.6 Å². The number of hydrogen-bond acceptors (Lipinski definition) is 4. The topological polar surface area (TPSA) is 61.4 Å². The van der Waals surface area contributed by atoms with Crippen molar-refractivity contribution in [3.8, 4) is 0 Å². The van der Waals surface area contributed by atoms with Gasteiger partial charge in [0.15, 0.2) is 0 Å². The smallest absolute Gasteiger partial charge is 0.234 e. The molecule has 2 aliphatic heterocycles. The molecule has 1 aromatic rings. The highest BCUT2D eigenvalue weighted by atomic mass is 32.2. The minimum Gasteiger partial charge on any atom is -0.392 e. The minimum atomic E-state index is -0.370. The van der Waals surface area contributed by atoms with Gasteiger partial charge >= 0.3 is 0 Å². The number of nitrogens with one attached hydrogen (secondary N) is 2. The molecule has 3 N–H and O–H groups in total. The Bertz CT molecular complexity index is 763. The highest BCUT2D eigenvalue weighted by Gasteiger charge is 2.53. The van der Waals surface area contributed by atoms with Crippen LogP contribution in [0.25, 0.3) is 0 Å². The van der Waals surface area contributed by atoms with Gasteiger partial charge in [-0.2, -0.15) is 0 Å². The lowest BCUT2D eigenvalue weighted by Crippen LogP contribution is -2.62. The first-order valence-electron chi connectivity index (χ1n) is 11.0. The van der Waals surface area contributed by atoms with E-state index in [1.807, 2.05) is 7.05 Å². The van der Waals surface area contributed by atoms with Gasteiger partial charge in [-0.15, -0.1) is 11.8 Å². The van der Waals surface area contributed by atoms with Gasteiger partial charge in [0, 0.05) is 24.4 Å². The molecular formula is C24H34N2O2S. The summed E-state index contributed by atoms with van der Waals surface area (Å²) in [5.41, 5.74) is 2.55. The average Bonchev–Trinajstić information content (AvgIpc) is 3.18. The van der Waals surface area contributed by atoms with Crippen molar-refractivity contribution >= 4 is 17.7 Å². The molecule has 4 nitrogen and oxygen atoms in total. The van der Waals surface area contributed by atoms with Gasteiger partial charge in [-0.1, -0.05) is 51.1 Å². The number of amides is 1. The Balaban J connectivity index is 1.65. The highest BCUT2D eigenvalue weighted by Crippen LogP contribution is 2.51. The molecule has 2 heterocycles. The van der Waals surface area contributed by atoms with E-state index in [9.17, 15) is 9.90 Å². The van der Waals surface area contributed by atoms with Crippen molar-refractivity contribution in [2.24, 2.45) is 23.7 Å². The second kappa shape index (κ2) is 8.44. The van der Waals surface area contributed by atoms with Gasteiger partial charge in [-0.3, -0.25) is 4.79 Å². The van der Waals surface area contributed by atoms with Gasteiger partial charge < -0.3 is 15.7 Å². The number of aliphatic hydroxyl groups is 1. The third kappa shape index (κ3) is 3.77. The predicted molar refractivity (Wildman–Crippen MR) is 120 cm³/mol. The summed E-state index contributed by atoms with van der Waals surface area (Å²) in [4.78, 5) is 12.6. The first-order valence-corrected chi connectivity index (χ1v) is 11.9. The number of thioether (sulfide) groups is 1. The standard InChI is InChI=1S/C24H34N2O2S/c1-13(2)18(12-25-4)15-5-7-16(8-6-15)20-19(27)11-14(3)22-21(20)17-9-10-29-23(17)24(28)26-22/h5-10,13-14,17-23,25,27H,11-12H2,1-4H3,(H,26,28). The summed E-state index contributed by atoms with van der Waals surface area (Å²) in [5.74, 6) is 1.99. The van der Waals surface area contributed by atoms with Crippen LogP contribution in [0.15, 0.2) is 35.7 Å². The Kier molecular flexibility index (Phi) is 6.10. The molecule has 0 aromatic heterocycles. The number of aliphatic hydroxyl groups excluding tert-OH is 1. The maximum atomic E-state index is 12.6. The molecule has 8 unspecified atom stereocenters. The van der Waals surface area contributed by atoms with Crippen LogP contribution in [0.3, 0.4) is 0 Å². The number of allylic oxidation sites excluding steroid dienone is 1. The average molecular weight is 415 g/mol. The molecule has 0 spiro atoms. The van der Waals surface area contributed by atoms with Crippen molar-refractivity contribution in [3.63, 3.8) is 0 Å². The van der Waals surface area contributed by atoms with Crippen LogP contribution in [0, 0.1) is 23.7 Å². The number of fused-ring (bicyclic) bond motifs is 3. The summed E-state index contributed by atoms with van der Waals surface area (Å²) in [5, 5.41) is 19.8. The fourth-order valence-corrected chi connectivity index (χ4v) is 6.93. The van der Waals surface area contributed by atoms with Crippen LogP contribution >= 0.6 is 11.8 Å². The van der Waals surface area contributed by atoms with Crippen LogP contribution < -0.4 is 10.6 Å². The number of hydrogen-bond donors (Lipinski definition) is 3. The number of piperidine rings is 1. The van der Waals surface area contributed by atoms with E-state index in [-0.39, 0.29) is 47.0 Å². The van der Waals surface area contributed by atoms with Gasteiger partial charge in [0.25, 0.3) is 0 Å². The first kappa shape index (κ1) is 21.0. The SMILES string of the molecule is CNCC(c1ccc(C2C(O)CC(C)C3NC(=O)C4SC=CC4C32)cc1)C(C)C. The van der Waals surface area contributed by atoms with Crippen molar-refractivity contribution in [1.29, 1.82) is 0 Å². The summed E-state index contributed by atoms with van der Waals surface area (Å²) in [7, 11) is 2.00. The molecule has 8 atom stereocenters. The van der Waals surface area contributed by atoms with E-state index in [0.29, 0.717) is 11.8 Å². The fraction of sp³-hybridized carbons (Fsp3) is 0.625. The number of carbonyl (C=O) groups is 1. The molecule has 3 aliphatic rings. The highest BCUT2D eigenvalue weighted by molar-refractivity contribution is 8.03. The quantitative estimate of drug-likeness (QED) is 0.690. The molecule has 2 fully saturated rings. The third-order valence-electron chi connectivity index (χ3n) is 7.34.